The number of Topliss-reactive ketones (excluding diaryl/α,β-unsaturated/α-hetero) is 1. The van der Waals surface area contributed by atoms with Gasteiger partial charge < -0.3 is 4.74 Å². The van der Waals surface area contributed by atoms with Gasteiger partial charge in [-0.05, 0) is 46.0 Å². The van der Waals surface area contributed by atoms with Crippen LogP contribution in [-0.2, 0) is 14.3 Å². The highest BCUT2D eigenvalue weighted by atomic mass is 16.6. The van der Waals surface area contributed by atoms with E-state index in [-0.39, 0.29) is 11.9 Å². The normalized spacial score (nSPS) is 18.0. The van der Waals surface area contributed by atoms with Crippen LogP contribution in [0.5, 0.6) is 0 Å². The summed E-state index contributed by atoms with van der Waals surface area (Å²) in [5, 5.41) is 0. The van der Waals surface area contributed by atoms with Gasteiger partial charge in [0.1, 0.15) is 11.4 Å². The lowest BCUT2D eigenvalue weighted by molar-refractivity contribution is -0.155. The Morgan fingerprint density at radius 1 is 1.28 bits per heavy atom. The van der Waals surface area contributed by atoms with Crippen molar-refractivity contribution in [3.8, 4) is 0 Å². The fourth-order valence-corrected chi connectivity index (χ4v) is 2.10. The molecular weight excluding hydrogens is 228 g/mol. The first-order valence-electron chi connectivity index (χ1n) is 7.02. The van der Waals surface area contributed by atoms with Crippen LogP contribution in [0.1, 0.15) is 66.2 Å². The van der Waals surface area contributed by atoms with Gasteiger partial charge in [-0.2, -0.15) is 0 Å². The number of rotatable bonds is 6. The van der Waals surface area contributed by atoms with Gasteiger partial charge in [0.2, 0.25) is 0 Å². The van der Waals surface area contributed by atoms with Crippen molar-refractivity contribution >= 4 is 11.8 Å². The molecule has 0 aromatic rings. The molecule has 1 aliphatic carbocycles. The van der Waals surface area contributed by atoms with E-state index in [9.17, 15) is 9.59 Å². The number of carbonyl (C=O) groups is 2. The standard InChI is InChI=1S/C15H26O3/c1-11(10-13(16)12-6-5-7-12)8-9-14(17)18-15(2,3)4/h11-12H,5-10H2,1-4H3. The second-order valence-corrected chi connectivity index (χ2v) is 6.53. The number of ether oxygens (including phenoxy) is 1. The van der Waals surface area contributed by atoms with Gasteiger partial charge in [0, 0.05) is 18.8 Å². The fourth-order valence-electron chi connectivity index (χ4n) is 2.10. The fraction of sp³-hybridized carbons (Fsp3) is 0.867. The molecule has 0 heterocycles. The van der Waals surface area contributed by atoms with E-state index in [0.717, 1.165) is 19.3 Å². The lowest BCUT2D eigenvalue weighted by Crippen LogP contribution is -2.25. The van der Waals surface area contributed by atoms with Crippen LogP contribution in [0.2, 0.25) is 0 Å². The van der Waals surface area contributed by atoms with E-state index in [1.165, 1.54) is 6.42 Å². The average molecular weight is 254 g/mol. The molecule has 3 nitrogen and oxygen atoms in total. The highest BCUT2D eigenvalue weighted by Crippen LogP contribution is 2.29. The topological polar surface area (TPSA) is 43.4 Å². The van der Waals surface area contributed by atoms with Crippen molar-refractivity contribution in [3.63, 3.8) is 0 Å². The third-order valence-electron chi connectivity index (χ3n) is 3.37. The van der Waals surface area contributed by atoms with Gasteiger partial charge in [0.15, 0.2) is 0 Å². The zero-order valence-electron chi connectivity index (χ0n) is 12.1. The molecule has 1 saturated carbocycles. The van der Waals surface area contributed by atoms with Gasteiger partial charge in [-0.3, -0.25) is 9.59 Å². The summed E-state index contributed by atoms with van der Waals surface area (Å²) in [5.41, 5.74) is -0.415. The number of hydrogen-bond acceptors (Lipinski definition) is 3. The zero-order chi connectivity index (χ0) is 13.8. The van der Waals surface area contributed by atoms with E-state index >= 15 is 0 Å². The lowest BCUT2D eigenvalue weighted by Gasteiger charge is -2.25. The van der Waals surface area contributed by atoms with Gasteiger partial charge in [0.25, 0.3) is 0 Å². The molecule has 18 heavy (non-hydrogen) atoms. The van der Waals surface area contributed by atoms with E-state index in [1.54, 1.807) is 0 Å². The molecule has 0 amide bonds. The summed E-state index contributed by atoms with van der Waals surface area (Å²) in [7, 11) is 0. The molecule has 0 radical (unpaired) electrons. The lowest BCUT2D eigenvalue weighted by atomic mass is 9.79. The van der Waals surface area contributed by atoms with Gasteiger partial charge in [-0.1, -0.05) is 13.3 Å². The Hall–Kier alpha value is -0.860. The highest BCUT2D eigenvalue weighted by Gasteiger charge is 2.26. The third-order valence-corrected chi connectivity index (χ3v) is 3.37. The summed E-state index contributed by atoms with van der Waals surface area (Å²) in [6, 6.07) is 0. The smallest absolute Gasteiger partial charge is 0.306 e. The van der Waals surface area contributed by atoms with Crippen molar-refractivity contribution in [1.82, 2.24) is 0 Å². The van der Waals surface area contributed by atoms with E-state index in [4.69, 9.17) is 4.74 Å². The molecular formula is C15H26O3. The van der Waals surface area contributed by atoms with Crippen LogP contribution in [-0.4, -0.2) is 17.4 Å². The Bertz CT molecular complexity index is 297. The molecule has 0 spiro atoms. The van der Waals surface area contributed by atoms with E-state index < -0.39 is 5.60 Å². The predicted octanol–water partition coefficient (Wildman–Crippen LogP) is 3.50. The van der Waals surface area contributed by atoms with Crippen LogP contribution in [0.25, 0.3) is 0 Å². The maximum atomic E-state index is 11.8. The second kappa shape index (κ2) is 6.35. The molecule has 1 atom stereocenters. The highest BCUT2D eigenvalue weighted by molar-refractivity contribution is 5.81. The molecule has 1 rings (SSSR count). The van der Waals surface area contributed by atoms with Gasteiger partial charge in [-0.15, -0.1) is 0 Å². The molecule has 1 unspecified atom stereocenters. The van der Waals surface area contributed by atoms with Crippen LogP contribution < -0.4 is 0 Å². The summed E-state index contributed by atoms with van der Waals surface area (Å²) < 4.78 is 5.25. The van der Waals surface area contributed by atoms with Gasteiger partial charge >= 0.3 is 5.97 Å². The SMILES string of the molecule is CC(CCC(=O)OC(C)(C)C)CC(=O)C1CCC1. The van der Waals surface area contributed by atoms with Crippen molar-refractivity contribution < 1.29 is 14.3 Å². The Balaban J connectivity index is 2.18. The van der Waals surface area contributed by atoms with E-state index in [2.05, 4.69) is 0 Å². The molecule has 1 aliphatic rings. The number of esters is 1. The Labute approximate surface area is 110 Å². The summed E-state index contributed by atoms with van der Waals surface area (Å²) in [4.78, 5) is 23.3. The molecule has 104 valence electrons. The molecule has 0 aliphatic heterocycles. The monoisotopic (exact) mass is 254 g/mol. The molecule has 0 aromatic heterocycles. The summed E-state index contributed by atoms with van der Waals surface area (Å²) in [6.07, 6.45) is 5.11. The minimum absolute atomic E-state index is 0.162. The Morgan fingerprint density at radius 3 is 2.33 bits per heavy atom. The molecule has 0 bridgehead atoms. The average Bonchev–Trinajstić information content (AvgIpc) is 2.08. The zero-order valence-corrected chi connectivity index (χ0v) is 12.1. The van der Waals surface area contributed by atoms with Crippen molar-refractivity contribution in [2.24, 2.45) is 11.8 Å². The predicted molar refractivity (Wildman–Crippen MR) is 71.2 cm³/mol. The van der Waals surface area contributed by atoms with Gasteiger partial charge in [0.05, 0.1) is 0 Å². The first-order valence-corrected chi connectivity index (χ1v) is 7.02. The third kappa shape index (κ3) is 5.65. The van der Waals surface area contributed by atoms with Crippen molar-refractivity contribution in [2.45, 2.75) is 71.8 Å². The summed E-state index contributed by atoms with van der Waals surface area (Å²) in [6.45, 7) is 7.65. The molecule has 0 aromatic carbocycles. The van der Waals surface area contributed by atoms with Crippen LogP contribution in [0.3, 0.4) is 0 Å². The maximum absolute atomic E-state index is 11.8. The van der Waals surface area contributed by atoms with Crippen molar-refractivity contribution in [2.75, 3.05) is 0 Å². The molecule has 0 N–H and O–H groups in total. The summed E-state index contributed by atoms with van der Waals surface area (Å²) >= 11 is 0. The largest absolute Gasteiger partial charge is 0.460 e. The van der Waals surface area contributed by atoms with Crippen LogP contribution in [0.15, 0.2) is 0 Å². The first kappa shape index (κ1) is 15.2. The maximum Gasteiger partial charge on any atom is 0.306 e. The molecule has 1 fully saturated rings. The van der Waals surface area contributed by atoms with Gasteiger partial charge in [-0.25, -0.2) is 0 Å². The minimum Gasteiger partial charge on any atom is -0.460 e. The molecule has 0 saturated heterocycles. The van der Waals surface area contributed by atoms with Crippen LogP contribution in [0.4, 0.5) is 0 Å². The quantitative estimate of drug-likeness (QED) is 0.681. The minimum atomic E-state index is -0.415. The number of hydrogen-bond donors (Lipinski definition) is 0. The molecule has 3 heteroatoms. The Kier molecular flexibility index (Phi) is 5.36. The second-order valence-electron chi connectivity index (χ2n) is 6.53. The summed E-state index contributed by atoms with van der Waals surface area (Å²) in [5.74, 6) is 0.822. The number of carbonyl (C=O) groups excluding carboxylic acids is 2. The Morgan fingerprint density at radius 2 is 1.89 bits per heavy atom. The van der Waals surface area contributed by atoms with Crippen molar-refractivity contribution in [3.05, 3.63) is 0 Å². The van der Waals surface area contributed by atoms with Crippen LogP contribution in [0, 0.1) is 11.8 Å². The van der Waals surface area contributed by atoms with Crippen LogP contribution >= 0.6 is 0 Å². The number of ketones is 1. The van der Waals surface area contributed by atoms with Crippen molar-refractivity contribution in [1.29, 1.82) is 0 Å². The van der Waals surface area contributed by atoms with E-state index in [0.29, 0.717) is 24.5 Å². The first-order chi connectivity index (χ1) is 8.28. The van der Waals surface area contributed by atoms with E-state index in [1.807, 2.05) is 27.7 Å².